The number of carbonyl (C=O) groups excluding carboxylic acids is 1. The SMILES string of the molecule is CSc1ccc(C(O)CNC(=O)C2CC2)cc1. The van der Waals surface area contributed by atoms with Gasteiger partial charge in [0.1, 0.15) is 0 Å². The van der Waals surface area contributed by atoms with E-state index < -0.39 is 6.10 Å². The van der Waals surface area contributed by atoms with Crippen LogP contribution < -0.4 is 5.32 Å². The summed E-state index contributed by atoms with van der Waals surface area (Å²) in [6.45, 7) is 0.300. The van der Waals surface area contributed by atoms with E-state index >= 15 is 0 Å². The molecule has 17 heavy (non-hydrogen) atoms. The minimum Gasteiger partial charge on any atom is -0.387 e. The van der Waals surface area contributed by atoms with Gasteiger partial charge in [0.25, 0.3) is 0 Å². The predicted molar refractivity (Wildman–Crippen MR) is 68.9 cm³/mol. The number of aliphatic hydroxyl groups is 1. The molecule has 0 heterocycles. The third-order valence-electron chi connectivity index (χ3n) is 2.92. The van der Waals surface area contributed by atoms with Gasteiger partial charge >= 0.3 is 0 Å². The van der Waals surface area contributed by atoms with Crippen molar-refractivity contribution >= 4 is 17.7 Å². The van der Waals surface area contributed by atoms with Crippen LogP contribution in [0.4, 0.5) is 0 Å². The first-order valence-electron chi connectivity index (χ1n) is 5.80. The van der Waals surface area contributed by atoms with E-state index in [2.05, 4.69) is 5.32 Å². The molecule has 0 saturated heterocycles. The van der Waals surface area contributed by atoms with Gasteiger partial charge in [-0.3, -0.25) is 4.79 Å². The van der Waals surface area contributed by atoms with Crippen molar-refractivity contribution in [2.75, 3.05) is 12.8 Å². The fourth-order valence-electron chi connectivity index (χ4n) is 1.63. The molecule has 2 N–H and O–H groups in total. The zero-order valence-electron chi connectivity index (χ0n) is 9.85. The molecule has 1 saturated carbocycles. The Hall–Kier alpha value is -1.00. The Kier molecular flexibility index (Phi) is 4.07. The standard InChI is InChI=1S/C13H17NO2S/c1-17-11-6-4-9(5-7-11)12(15)8-14-13(16)10-2-3-10/h4-7,10,12,15H,2-3,8H2,1H3,(H,14,16). The molecule has 0 aliphatic heterocycles. The number of benzene rings is 1. The lowest BCUT2D eigenvalue weighted by Gasteiger charge is -2.12. The van der Waals surface area contributed by atoms with E-state index in [-0.39, 0.29) is 11.8 Å². The van der Waals surface area contributed by atoms with Crippen LogP contribution in [0.3, 0.4) is 0 Å². The van der Waals surface area contributed by atoms with Gasteiger partial charge in [0.2, 0.25) is 5.91 Å². The third kappa shape index (κ3) is 3.48. The van der Waals surface area contributed by atoms with Crippen molar-refractivity contribution in [3.8, 4) is 0 Å². The average Bonchev–Trinajstić information content (AvgIpc) is 3.20. The molecule has 92 valence electrons. The molecule has 0 spiro atoms. The van der Waals surface area contributed by atoms with Crippen molar-refractivity contribution < 1.29 is 9.90 Å². The largest absolute Gasteiger partial charge is 0.387 e. The fourth-order valence-corrected chi connectivity index (χ4v) is 2.04. The maximum atomic E-state index is 11.4. The Balaban J connectivity index is 1.85. The summed E-state index contributed by atoms with van der Waals surface area (Å²) in [6.07, 6.45) is 3.38. The van der Waals surface area contributed by atoms with Crippen LogP contribution in [0.2, 0.25) is 0 Å². The van der Waals surface area contributed by atoms with Gasteiger partial charge in [-0.2, -0.15) is 0 Å². The summed E-state index contributed by atoms with van der Waals surface area (Å²) in [4.78, 5) is 12.6. The van der Waals surface area contributed by atoms with Crippen LogP contribution in [-0.2, 0) is 4.79 Å². The Bertz CT molecular complexity index is 387. The number of rotatable bonds is 5. The second-order valence-electron chi connectivity index (χ2n) is 4.31. The number of aliphatic hydroxyl groups excluding tert-OH is 1. The Morgan fingerprint density at radius 1 is 1.47 bits per heavy atom. The second kappa shape index (κ2) is 5.56. The lowest BCUT2D eigenvalue weighted by Crippen LogP contribution is -2.29. The third-order valence-corrected chi connectivity index (χ3v) is 3.66. The maximum absolute atomic E-state index is 11.4. The smallest absolute Gasteiger partial charge is 0.223 e. The fraction of sp³-hybridized carbons (Fsp3) is 0.462. The maximum Gasteiger partial charge on any atom is 0.223 e. The van der Waals surface area contributed by atoms with Gasteiger partial charge in [0, 0.05) is 17.4 Å². The molecule has 1 aliphatic carbocycles. The van der Waals surface area contributed by atoms with Crippen LogP contribution >= 0.6 is 11.8 Å². The first-order valence-corrected chi connectivity index (χ1v) is 7.03. The number of hydrogen-bond donors (Lipinski definition) is 2. The molecular formula is C13H17NO2S. The molecule has 1 aromatic rings. The van der Waals surface area contributed by atoms with E-state index in [0.717, 1.165) is 18.4 Å². The molecule has 1 fully saturated rings. The molecule has 4 heteroatoms. The van der Waals surface area contributed by atoms with E-state index in [0.29, 0.717) is 6.54 Å². The predicted octanol–water partition coefficient (Wildman–Crippen LogP) is 1.97. The summed E-state index contributed by atoms with van der Waals surface area (Å²) in [6, 6.07) is 7.76. The number of carbonyl (C=O) groups is 1. The lowest BCUT2D eigenvalue weighted by molar-refractivity contribution is -0.122. The summed E-state index contributed by atoms with van der Waals surface area (Å²) >= 11 is 1.67. The van der Waals surface area contributed by atoms with Crippen molar-refractivity contribution in [2.45, 2.75) is 23.8 Å². The molecule has 3 nitrogen and oxygen atoms in total. The van der Waals surface area contributed by atoms with Gasteiger partial charge in [0.15, 0.2) is 0 Å². The number of amides is 1. The van der Waals surface area contributed by atoms with Crippen molar-refractivity contribution in [3.63, 3.8) is 0 Å². The summed E-state index contributed by atoms with van der Waals surface area (Å²) in [5.41, 5.74) is 0.846. The molecule has 1 amide bonds. The minimum atomic E-state index is -0.617. The molecule has 1 aromatic carbocycles. The highest BCUT2D eigenvalue weighted by molar-refractivity contribution is 7.98. The van der Waals surface area contributed by atoms with Crippen molar-refractivity contribution in [2.24, 2.45) is 5.92 Å². The number of nitrogens with one attached hydrogen (secondary N) is 1. The van der Waals surface area contributed by atoms with Crippen LogP contribution in [0.1, 0.15) is 24.5 Å². The van der Waals surface area contributed by atoms with Crippen LogP contribution in [-0.4, -0.2) is 23.8 Å². The van der Waals surface area contributed by atoms with Crippen molar-refractivity contribution in [1.29, 1.82) is 0 Å². The normalized spacial score (nSPS) is 16.6. The highest BCUT2D eigenvalue weighted by atomic mass is 32.2. The first kappa shape index (κ1) is 12.5. The number of hydrogen-bond acceptors (Lipinski definition) is 3. The van der Waals surface area contributed by atoms with Crippen LogP contribution in [0, 0.1) is 5.92 Å². The van der Waals surface area contributed by atoms with E-state index in [1.165, 1.54) is 4.90 Å². The van der Waals surface area contributed by atoms with Gasteiger partial charge in [0.05, 0.1) is 6.10 Å². The van der Waals surface area contributed by atoms with E-state index in [9.17, 15) is 9.90 Å². The highest BCUT2D eigenvalue weighted by Crippen LogP contribution is 2.28. The van der Waals surface area contributed by atoms with Crippen LogP contribution in [0.25, 0.3) is 0 Å². The molecular weight excluding hydrogens is 234 g/mol. The van der Waals surface area contributed by atoms with E-state index in [1.807, 2.05) is 30.5 Å². The Morgan fingerprint density at radius 2 is 2.12 bits per heavy atom. The second-order valence-corrected chi connectivity index (χ2v) is 5.19. The Labute approximate surface area is 106 Å². The van der Waals surface area contributed by atoms with E-state index in [1.54, 1.807) is 11.8 Å². The van der Waals surface area contributed by atoms with Crippen molar-refractivity contribution in [1.82, 2.24) is 5.32 Å². The van der Waals surface area contributed by atoms with Gasteiger partial charge in [-0.25, -0.2) is 0 Å². The molecule has 0 bridgehead atoms. The molecule has 1 aliphatic rings. The quantitative estimate of drug-likeness (QED) is 0.787. The highest BCUT2D eigenvalue weighted by Gasteiger charge is 2.29. The van der Waals surface area contributed by atoms with Gasteiger partial charge in [-0.15, -0.1) is 11.8 Å². The van der Waals surface area contributed by atoms with Crippen LogP contribution in [0.15, 0.2) is 29.2 Å². The number of thioether (sulfide) groups is 1. The molecule has 0 aromatic heterocycles. The lowest BCUT2D eigenvalue weighted by atomic mass is 10.1. The summed E-state index contributed by atoms with van der Waals surface area (Å²) in [5.74, 6) is 0.269. The molecule has 0 radical (unpaired) electrons. The molecule has 1 unspecified atom stereocenters. The summed E-state index contributed by atoms with van der Waals surface area (Å²) in [7, 11) is 0. The minimum absolute atomic E-state index is 0.0739. The molecule has 2 rings (SSSR count). The Morgan fingerprint density at radius 3 is 2.65 bits per heavy atom. The zero-order valence-corrected chi connectivity index (χ0v) is 10.7. The summed E-state index contributed by atoms with van der Waals surface area (Å²) < 4.78 is 0. The van der Waals surface area contributed by atoms with Gasteiger partial charge in [-0.1, -0.05) is 12.1 Å². The van der Waals surface area contributed by atoms with Crippen LogP contribution in [0.5, 0.6) is 0 Å². The average molecular weight is 251 g/mol. The van der Waals surface area contributed by atoms with E-state index in [4.69, 9.17) is 0 Å². The van der Waals surface area contributed by atoms with Gasteiger partial charge < -0.3 is 10.4 Å². The zero-order chi connectivity index (χ0) is 12.3. The summed E-state index contributed by atoms with van der Waals surface area (Å²) in [5, 5.41) is 12.7. The molecule has 1 atom stereocenters. The monoisotopic (exact) mass is 251 g/mol. The van der Waals surface area contributed by atoms with Crippen molar-refractivity contribution in [3.05, 3.63) is 29.8 Å². The first-order chi connectivity index (χ1) is 8.20. The topological polar surface area (TPSA) is 49.3 Å². The van der Waals surface area contributed by atoms with Gasteiger partial charge in [-0.05, 0) is 36.8 Å².